The molecule has 0 aliphatic carbocycles. The molecule has 1 atom stereocenters. The van der Waals surface area contributed by atoms with Gasteiger partial charge in [0.1, 0.15) is 0 Å². The summed E-state index contributed by atoms with van der Waals surface area (Å²) >= 11 is 1.41. The predicted molar refractivity (Wildman–Crippen MR) is 143 cm³/mol. The molecule has 0 bridgehead atoms. The number of amides is 1. The fourth-order valence-electron chi connectivity index (χ4n) is 5.29. The SMILES string of the molecule is CCc1ccc(N=C2NC(=O)/C(=C/c3cc4c(cc3C)N(C(C)C)C(C)(C)C[C@H]4C)S2)cc1. The average molecular weight is 462 g/mol. The molecule has 5 heteroatoms. The van der Waals surface area contributed by atoms with Crippen LogP contribution in [0.25, 0.3) is 6.08 Å². The summed E-state index contributed by atoms with van der Waals surface area (Å²) in [7, 11) is 0. The number of anilines is 1. The Balaban J connectivity index is 1.65. The van der Waals surface area contributed by atoms with Crippen LogP contribution in [0.3, 0.4) is 0 Å². The quantitative estimate of drug-likeness (QED) is 0.501. The van der Waals surface area contributed by atoms with Gasteiger partial charge in [0.05, 0.1) is 10.6 Å². The molecule has 1 saturated heterocycles. The van der Waals surface area contributed by atoms with Crippen molar-refractivity contribution in [2.24, 2.45) is 4.99 Å². The van der Waals surface area contributed by atoms with E-state index in [1.807, 2.05) is 18.2 Å². The van der Waals surface area contributed by atoms with Crippen molar-refractivity contribution in [1.82, 2.24) is 5.32 Å². The highest BCUT2D eigenvalue weighted by Gasteiger charge is 2.38. The van der Waals surface area contributed by atoms with E-state index in [0.29, 0.717) is 22.0 Å². The van der Waals surface area contributed by atoms with E-state index in [9.17, 15) is 4.79 Å². The molecule has 2 heterocycles. The van der Waals surface area contributed by atoms with Crippen LogP contribution in [-0.2, 0) is 11.2 Å². The fraction of sp³-hybridized carbons (Fsp3) is 0.429. The molecule has 174 valence electrons. The van der Waals surface area contributed by atoms with Gasteiger partial charge in [0, 0.05) is 17.3 Å². The molecule has 2 aromatic rings. The van der Waals surface area contributed by atoms with Gasteiger partial charge in [-0.1, -0.05) is 26.0 Å². The number of hydrogen-bond acceptors (Lipinski definition) is 4. The van der Waals surface area contributed by atoms with E-state index >= 15 is 0 Å². The number of rotatable bonds is 4. The van der Waals surface area contributed by atoms with Gasteiger partial charge in [-0.25, -0.2) is 4.99 Å². The van der Waals surface area contributed by atoms with Gasteiger partial charge in [-0.15, -0.1) is 0 Å². The highest BCUT2D eigenvalue weighted by Crippen LogP contribution is 2.45. The zero-order chi connectivity index (χ0) is 23.9. The molecule has 4 nitrogen and oxygen atoms in total. The lowest BCUT2D eigenvalue weighted by molar-refractivity contribution is -0.115. The van der Waals surface area contributed by atoms with Crippen LogP contribution in [0, 0.1) is 6.92 Å². The zero-order valence-electron chi connectivity index (χ0n) is 20.8. The van der Waals surface area contributed by atoms with Gasteiger partial charge in [-0.3, -0.25) is 4.79 Å². The largest absolute Gasteiger partial charge is 0.364 e. The third-order valence-corrected chi connectivity index (χ3v) is 7.60. The second kappa shape index (κ2) is 9.02. The Morgan fingerprint density at radius 1 is 1.24 bits per heavy atom. The third kappa shape index (κ3) is 4.74. The molecule has 2 aromatic carbocycles. The summed E-state index contributed by atoms with van der Waals surface area (Å²) in [5.74, 6) is 0.384. The molecule has 2 aliphatic heterocycles. The Morgan fingerprint density at radius 2 is 1.94 bits per heavy atom. The maximum absolute atomic E-state index is 12.7. The summed E-state index contributed by atoms with van der Waals surface area (Å²) in [5.41, 5.74) is 7.24. The number of carbonyl (C=O) groups excluding carboxylic acids is 1. The molecule has 4 rings (SSSR count). The number of carbonyl (C=O) groups is 1. The minimum absolute atomic E-state index is 0.0842. The van der Waals surface area contributed by atoms with E-state index in [1.165, 1.54) is 34.1 Å². The summed E-state index contributed by atoms with van der Waals surface area (Å²) in [6.45, 7) is 15.8. The van der Waals surface area contributed by atoms with Gasteiger partial charge < -0.3 is 10.2 Å². The Morgan fingerprint density at radius 3 is 2.58 bits per heavy atom. The number of aryl methyl sites for hydroxylation is 2. The number of fused-ring (bicyclic) bond motifs is 1. The number of nitrogens with zero attached hydrogens (tertiary/aromatic N) is 2. The van der Waals surface area contributed by atoms with Crippen LogP contribution in [0.15, 0.2) is 46.3 Å². The van der Waals surface area contributed by atoms with E-state index < -0.39 is 0 Å². The first-order chi connectivity index (χ1) is 15.6. The van der Waals surface area contributed by atoms with Gasteiger partial charge in [-0.2, -0.15) is 0 Å². The van der Waals surface area contributed by atoms with E-state index in [2.05, 4.69) is 87.9 Å². The van der Waals surface area contributed by atoms with Crippen molar-refractivity contribution < 1.29 is 4.79 Å². The van der Waals surface area contributed by atoms with Crippen molar-refractivity contribution in [2.75, 3.05) is 4.90 Å². The van der Waals surface area contributed by atoms with Crippen LogP contribution in [0.2, 0.25) is 0 Å². The van der Waals surface area contributed by atoms with E-state index in [0.717, 1.165) is 24.1 Å². The maximum atomic E-state index is 12.7. The second-order valence-electron chi connectivity index (χ2n) is 10.2. The first-order valence-electron chi connectivity index (χ1n) is 11.9. The van der Waals surface area contributed by atoms with Crippen molar-refractivity contribution in [3.63, 3.8) is 0 Å². The van der Waals surface area contributed by atoms with Gasteiger partial charge >= 0.3 is 0 Å². The smallest absolute Gasteiger partial charge is 0.264 e. The predicted octanol–water partition coefficient (Wildman–Crippen LogP) is 6.95. The molecule has 1 amide bonds. The number of benzene rings is 2. The number of thioether (sulfide) groups is 1. The van der Waals surface area contributed by atoms with Crippen molar-refractivity contribution in [2.45, 2.75) is 78.8 Å². The fourth-order valence-corrected chi connectivity index (χ4v) is 6.12. The average Bonchev–Trinajstić information content (AvgIpc) is 3.07. The topological polar surface area (TPSA) is 44.7 Å². The lowest BCUT2D eigenvalue weighted by Crippen LogP contribution is -2.51. The summed E-state index contributed by atoms with van der Waals surface area (Å²) < 4.78 is 0. The van der Waals surface area contributed by atoms with E-state index in [-0.39, 0.29) is 11.4 Å². The Bertz CT molecular complexity index is 1130. The normalized spacial score (nSPS) is 22.2. The summed E-state index contributed by atoms with van der Waals surface area (Å²) in [6, 6.07) is 13.2. The molecule has 33 heavy (non-hydrogen) atoms. The number of nitrogens with one attached hydrogen (secondary N) is 1. The highest BCUT2D eigenvalue weighted by molar-refractivity contribution is 8.18. The van der Waals surface area contributed by atoms with Crippen molar-refractivity contribution in [3.05, 3.63) is 63.6 Å². The summed E-state index contributed by atoms with van der Waals surface area (Å²) in [5, 5.41) is 3.55. The Kier molecular flexibility index (Phi) is 6.45. The second-order valence-corrected chi connectivity index (χ2v) is 11.2. The highest BCUT2D eigenvalue weighted by atomic mass is 32.2. The van der Waals surface area contributed by atoms with Crippen LogP contribution in [0.5, 0.6) is 0 Å². The number of aliphatic imine (C=N–C) groups is 1. The first-order valence-corrected chi connectivity index (χ1v) is 12.7. The summed E-state index contributed by atoms with van der Waals surface area (Å²) in [4.78, 5) is 20.5. The minimum Gasteiger partial charge on any atom is -0.364 e. The third-order valence-electron chi connectivity index (χ3n) is 6.69. The molecule has 0 aromatic heterocycles. The standard InChI is InChI=1S/C28H35N3OS/c1-8-20-9-11-22(12-10-20)29-27-30-26(32)25(33-27)15-21-14-23-19(5)16-28(6,7)31(17(2)3)24(23)13-18(21)4/h9-15,17,19H,8,16H2,1-7H3,(H,29,30,32)/b25-15-/t19-/m1/s1. The van der Waals surface area contributed by atoms with Gasteiger partial charge in [0.15, 0.2) is 5.17 Å². The zero-order valence-corrected chi connectivity index (χ0v) is 21.6. The van der Waals surface area contributed by atoms with E-state index in [1.54, 1.807) is 0 Å². The monoisotopic (exact) mass is 461 g/mol. The molecule has 0 radical (unpaired) electrons. The Labute approximate surface area is 202 Å². The van der Waals surface area contributed by atoms with Crippen LogP contribution in [-0.4, -0.2) is 22.7 Å². The molecular weight excluding hydrogens is 426 g/mol. The van der Waals surface area contributed by atoms with E-state index in [4.69, 9.17) is 0 Å². The molecule has 1 fully saturated rings. The molecule has 1 N–H and O–H groups in total. The van der Waals surface area contributed by atoms with Crippen molar-refractivity contribution in [1.29, 1.82) is 0 Å². The van der Waals surface area contributed by atoms with Crippen molar-refractivity contribution in [3.8, 4) is 0 Å². The summed E-state index contributed by atoms with van der Waals surface area (Å²) in [6.07, 6.45) is 4.13. The lowest BCUT2D eigenvalue weighted by atomic mass is 9.78. The van der Waals surface area contributed by atoms with Gasteiger partial charge in [-0.05, 0) is 118 Å². The lowest BCUT2D eigenvalue weighted by Gasteiger charge is -2.50. The van der Waals surface area contributed by atoms with Crippen molar-refractivity contribution >= 4 is 40.3 Å². The minimum atomic E-state index is -0.0842. The molecule has 0 spiro atoms. The molecular formula is C28H35N3OS. The first kappa shape index (κ1) is 23.6. The van der Waals surface area contributed by atoms with Crippen LogP contribution < -0.4 is 10.2 Å². The number of amidine groups is 1. The van der Waals surface area contributed by atoms with Crippen LogP contribution in [0.1, 0.15) is 76.1 Å². The Hall–Kier alpha value is -2.53. The van der Waals surface area contributed by atoms with Crippen LogP contribution >= 0.6 is 11.8 Å². The van der Waals surface area contributed by atoms with Gasteiger partial charge in [0.25, 0.3) is 5.91 Å². The maximum Gasteiger partial charge on any atom is 0.264 e. The molecule has 2 aliphatic rings. The molecule has 0 saturated carbocycles. The van der Waals surface area contributed by atoms with Gasteiger partial charge in [0.2, 0.25) is 0 Å². The number of hydrogen-bond donors (Lipinski definition) is 1. The van der Waals surface area contributed by atoms with Crippen LogP contribution in [0.4, 0.5) is 11.4 Å². The molecule has 0 unspecified atom stereocenters.